The topological polar surface area (TPSA) is 144 Å². The summed E-state index contributed by atoms with van der Waals surface area (Å²) in [5.41, 5.74) is 1.20. The van der Waals surface area contributed by atoms with Crippen LogP contribution < -0.4 is 15.4 Å². The minimum atomic E-state index is -4.11. The van der Waals surface area contributed by atoms with Crippen LogP contribution in [0.25, 0.3) is 11.0 Å². The molecule has 0 bridgehead atoms. The predicted octanol–water partition coefficient (Wildman–Crippen LogP) is 3.13. The van der Waals surface area contributed by atoms with E-state index in [0.717, 1.165) is 5.56 Å². The van der Waals surface area contributed by atoms with Crippen molar-refractivity contribution in [2.24, 2.45) is 5.92 Å². The van der Waals surface area contributed by atoms with Gasteiger partial charge in [-0.05, 0) is 30.9 Å². The number of alkyl carbamates (subject to hydrolysis) is 1. The number of para-hydroxylation sites is 1. The second-order valence-electron chi connectivity index (χ2n) is 9.02. The van der Waals surface area contributed by atoms with Gasteiger partial charge in [-0.1, -0.05) is 62.4 Å². The van der Waals surface area contributed by atoms with Gasteiger partial charge in [-0.25, -0.2) is 13.2 Å². The third kappa shape index (κ3) is 8.16. The van der Waals surface area contributed by atoms with Gasteiger partial charge >= 0.3 is 6.09 Å². The van der Waals surface area contributed by atoms with E-state index < -0.39 is 46.4 Å². The minimum absolute atomic E-state index is 0.0457. The Labute approximate surface area is 215 Å². The first-order chi connectivity index (χ1) is 17.5. The number of fused-ring (bicyclic) bond motifs is 1. The fourth-order valence-electron chi connectivity index (χ4n) is 3.51. The monoisotopic (exact) mass is 529 g/mol. The quantitative estimate of drug-likeness (QED) is 0.327. The molecule has 2 aromatic carbocycles. The highest BCUT2D eigenvalue weighted by Crippen LogP contribution is 2.22. The van der Waals surface area contributed by atoms with Crippen molar-refractivity contribution in [1.29, 1.82) is 0 Å². The summed E-state index contributed by atoms with van der Waals surface area (Å²) in [6.45, 7) is 4.76. The molecule has 0 spiro atoms. The summed E-state index contributed by atoms with van der Waals surface area (Å²) in [7, 11) is -4.11. The molecule has 37 heavy (non-hydrogen) atoms. The Bertz CT molecular complexity index is 1300. The molecule has 0 unspecified atom stereocenters. The van der Waals surface area contributed by atoms with Gasteiger partial charge in [-0.15, -0.1) is 0 Å². The van der Waals surface area contributed by atoms with Crippen LogP contribution in [0, 0.1) is 5.92 Å². The van der Waals surface area contributed by atoms with Crippen LogP contribution in [0.1, 0.15) is 32.8 Å². The molecule has 0 aliphatic heterocycles. The molecule has 0 radical (unpaired) electrons. The van der Waals surface area contributed by atoms with Crippen LogP contribution in [-0.4, -0.2) is 44.8 Å². The highest BCUT2D eigenvalue weighted by atomic mass is 32.2. The molecular weight excluding hydrogens is 498 g/mol. The van der Waals surface area contributed by atoms with E-state index in [1.165, 1.54) is 13.0 Å². The van der Waals surface area contributed by atoms with Gasteiger partial charge in [0.15, 0.2) is 5.78 Å². The van der Waals surface area contributed by atoms with Gasteiger partial charge in [0.1, 0.15) is 18.2 Å². The molecule has 11 heteroatoms. The van der Waals surface area contributed by atoms with E-state index in [-0.39, 0.29) is 17.6 Å². The van der Waals surface area contributed by atoms with E-state index in [2.05, 4.69) is 15.4 Å². The van der Waals surface area contributed by atoms with Crippen LogP contribution in [0.2, 0.25) is 0 Å². The number of furan rings is 1. The van der Waals surface area contributed by atoms with Crippen LogP contribution in [0.15, 0.2) is 70.2 Å². The Kier molecular flexibility index (Phi) is 9.42. The van der Waals surface area contributed by atoms with Crippen molar-refractivity contribution in [1.82, 2.24) is 15.4 Å². The van der Waals surface area contributed by atoms with Gasteiger partial charge in [0, 0.05) is 11.5 Å². The van der Waals surface area contributed by atoms with E-state index >= 15 is 0 Å². The van der Waals surface area contributed by atoms with Crippen molar-refractivity contribution in [2.75, 3.05) is 6.54 Å². The van der Waals surface area contributed by atoms with Gasteiger partial charge in [-0.2, -0.15) is 4.72 Å². The molecule has 1 aromatic heterocycles. The summed E-state index contributed by atoms with van der Waals surface area (Å²) in [5, 5.41) is 5.31. The SMILES string of the molecule is CC(C)C[C@H](NC(=O)OCc1ccccc1)C(=O)NCC(=O)[C@H](C)NS(=O)(=O)c1cc2ccccc2o1. The average molecular weight is 530 g/mol. The summed E-state index contributed by atoms with van der Waals surface area (Å²) in [5.74, 6) is -1.08. The Morgan fingerprint density at radius 1 is 0.973 bits per heavy atom. The number of hydrogen-bond donors (Lipinski definition) is 3. The third-order valence-electron chi connectivity index (χ3n) is 5.45. The molecule has 0 saturated heterocycles. The zero-order valence-corrected chi connectivity index (χ0v) is 21.7. The molecule has 2 amide bonds. The fraction of sp³-hybridized carbons (Fsp3) is 0.346. The number of ketones is 1. The largest absolute Gasteiger partial charge is 0.445 e. The second-order valence-corrected chi connectivity index (χ2v) is 10.7. The summed E-state index contributed by atoms with van der Waals surface area (Å²) in [6, 6.07) is 15.2. The zero-order valence-electron chi connectivity index (χ0n) is 20.9. The molecule has 0 aliphatic rings. The van der Waals surface area contributed by atoms with Crippen LogP contribution in [0.3, 0.4) is 0 Å². The summed E-state index contributed by atoms with van der Waals surface area (Å²) in [4.78, 5) is 37.6. The number of benzene rings is 2. The molecule has 3 rings (SSSR count). The molecule has 0 aliphatic carbocycles. The van der Waals surface area contributed by atoms with E-state index in [9.17, 15) is 22.8 Å². The first kappa shape index (κ1) is 27.9. The zero-order chi connectivity index (χ0) is 27.0. The lowest BCUT2D eigenvalue weighted by molar-refractivity contribution is -0.127. The normalized spacial score (nSPS) is 13.2. The number of hydrogen-bond acceptors (Lipinski definition) is 7. The smallest absolute Gasteiger partial charge is 0.408 e. The van der Waals surface area contributed by atoms with E-state index in [4.69, 9.17) is 9.15 Å². The minimum Gasteiger partial charge on any atom is -0.445 e. The van der Waals surface area contributed by atoms with Crippen molar-refractivity contribution in [2.45, 2.75) is 51.0 Å². The van der Waals surface area contributed by atoms with Crippen LogP contribution in [0.4, 0.5) is 4.79 Å². The number of rotatable bonds is 12. The Morgan fingerprint density at radius 3 is 2.32 bits per heavy atom. The maximum Gasteiger partial charge on any atom is 0.408 e. The number of Topliss-reactive ketones (excluding diaryl/α,β-unsaturated/α-hetero) is 1. The highest BCUT2D eigenvalue weighted by molar-refractivity contribution is 7.89. The maximum atomic E-state index is 12.7. The predicted molar refractivity (Wildman–Crippen MR) is 137 cm³/mol. The van der Waals surface area contributed by atoms with Gasteiger partial charge in [0.25, 0.3) is 10.0 Å². The number of sulfonamides is 1. The lowest BCUT2D eigenvalue weighted by atomic mass is 10.0. The van der Waals surface area contributed by atoms with Crippen molar-refractivity contribution >= 4 is 38.8 Å². The van der Waals surface area contributed by atoms with Crippen LogP contribution in [0.5, 0.6) is 0 Å². The summed E-state index contributed by atoms with van der Waals surface area (Å²) >= 11 is 0. The molecule has 198 valence electrons. The van der Waals surface area contributed by atoms with Crippen LogP contribution >= 0.6 is 0 Å². The third-order valence-corrected chi connectivity index (χ3v) is 6.84. The Morgan fingerprint density at radius 2 is 1.65 bits per heavy atom. The lowest BCUT2D eigenvalue weighted by Crippen LogP contribution is -2.50. The maximum absolute atomic E-state index is 12.7. The number of carbonyl (C=O) groups excluding carboxylic acids is 3. The first-order valence-electron chi connectivity index (χ1n) is 11.8. The number of amides is 2. The van der Waals surface area contributed by atoms with Gasteiger partial charge in [0.05, 0.1) is 12.6 Å². The standard InChI is InChI=1S/C26H31N3O7S/c1-17(2)13-21(28-26(32)35-16-19-9-5-4-6-10-19)25(31)27-15-22(30)18(3)29-37(33,34)24-14-20-11-7-8-12-23(20)36-24/h4-12,14,17-18,21,29H,13,15-16H2,1-3H3,(H,27,31)(H,28,32)/t18-,21-/m0/s1. The number of carbonyl (C=O) groups is 3. The van der Waals surface area contributed by atoms with Gasteiger partial charge < -0.3 is 19.8 Å². The molecule has 0 saturated carbocycles. The van der Waals surface area contributed by atoms with Gasteiger partial charge in [0.2, 0.25) is 11.0 Å². The van der Waals surface area contributed by atoms with Crippen molar-refractivity contribution in [3.8, 4) is 0 Å². The molecule has 2 atom stereocenters. The first-order valence-corrected chi connectivity index (χ1v) is 13.3. The average Bonchev–Trinajstić information content (AvgIpc) is 3.31. The highest BCUT2D eigenvalue weighted by Gasteiger charge is 2.27. The van der Waals surface area contributed by atoms with Crippen molar-refractivity contribution in [3.05, 3.63) is 66.2 Å². The van der Waals surface area contributed by atoms with Crippen molar-refractivity contribution in [3.63, 3.8) is 0 Å². The van der Waals surface area contributed by atoms with Crippen molar-refractivity contribution < 1.29 is 32.0 Å². The molecule has 0 fully saturated rings. The summed E-state index contributed by atoms with van der Waals surface area (Å²) < 4.78 is 38.2. The van der Waals surface area contributed by atoms with Crippen LogP contribution in [-0.2, 0) is 31.0 Å². The molecule has 3 N–H and O–H groups in total. The van der Waals surface area contributed by atoms with E-state index in [1.807, 2.05) is 32.0 Å². The number of nitrogens with one attached hydrogen (secondary N) is 3. The molecule has 3 aromatic rings. The number of ether oxygens (including phenoxy) is 1. The summed E-state index contributed by atoms with van der Waals surface area (Å²) in [6.07, 6.45) is -0.447. The fourth-order valence-corrected chi connectivity index (χ4v) is 4.70. The molecule has 10 nitrogen and oxygen atoms in total. The second kappa shape index (κ2) is 12.5. The lowest BCUT2D eigenvalue weighted by Gasteiger charge is -2.20. The Hall–Kier alpha value is -3.70. The van der Waals surface area contributed by atoms with E-state index in [0.29, 0.717) is 17.4 Å². The van der Waals surface area contributed by atoms with Gasteiger partial charge in [-0.3, -0.25) is 9.59 Å². The van der Waals surface area contributed by atoms with E-state index in [1.54, 1.807) is 36.4 Å². The Balaban J connectivity index is 1.53. The molecule has 1 heterocycles. The molecular formula is C26H31N3O7S.